The van der Waals surface area contributed by atoms with Gasteiger partial charge in [-0.25, -0.2) is 13.8 Å². The molecule has 1 heterocycles. The zero-order chi connectivity index (χ0) is 16.4. The maximum absolute atomic E-state index is 13.4. The average Bonchev–Trinajstić information content (AvgIpc) is 2.90. The highest BCUT2D eigenvalue weighted by atomic mass is 32.2. The van der Waals surface area contributed by atoms with E-state index in [2.05, 4.69) is 10.3 Å². The van der Waals surface area contributed by atoms with Crippen molar-refractivity contribution in [3.05, 3.63) is 54.4 Å². The van der Waals surface area contributed by atoms with Gasteiger partial charge in [0, 0.05) is 22.7 Å². The van der Waals surface area contributed by atoms with Gasteiger partial charge in [0.05, 0.1) is 17.4 Å². The smallest absolute Gasteiger partial charge is 0.244 e. The zero-order valence-electron chi connectivity index (χ0n) is 12.2. The molecule has 0 saturated carbocycles. The molecular weight excluding hydrogens is 320 g/mol. The highest BCUT2D eigenvalue weighted by Gasteiger charge is 2.11. The molecule has 3 rings (SSSR count). The first-order valence-electron chi connectivity index (χ1n) is 6.80. The summed E-state index contributed by atoms with van der Waals surface area (Å²) in [5, 5.41) is 2.78. The SMILES string of the molecule is CSc1cccc(NC(=O)Cn2cnc3cc(F)c(F)cc32)c1. The Morgan fingerprint density at radius 1 is 1.26 bits per heavy atom. The van der Waals surface area contributed by atoms with Crippen molar-refractivity contribution in [3.63, 3.8) is 0 Å². The summed E-state index contributed by atoms with van der Waals surface area (Å²) in [5.74, 6) is -2.19. The van der Waals surface area contributed by atoms with E-state index in [4.69, 9.17) is 0 Å². The molecule has 0 aliphatic carbocycles. The number of nitrogens with one attached hydrogen (secondary N) is 1. The summed E-state index contributed by atoms with van der Waals surface area (Å²) >= 11 is 1.58. The van der Waals surface area contributed by atoms with Gasteiger partial charge in [0.2, 0.25) is 5.91 Å². The quantitative estimate of drug-likeness (QED) is 0.741. The van der Waals surface area contributed by atoms with Crippen LogP contribution in [0.1, 0.15) is 0 Å². The molecule has 0 unspecified atom stereocenters. The normalized spacial score (nSPS) is 10.9. The molecule has 1 N–H and O–H groups in total. The van der Waals surface area contributed by atoms with Crippen molar-refractivity contribution in [3.8, 4) is 0 Å². The highest BCUT2D eigenvalue weighted by Crippen LogP contribution is 2.20. The topological polar surface area (TPSA) is 46.9 Å². The third-order valence-electron chi connectivity index (χ3n) is 3.33. The Hall–Kier alpha value is -2.41. The molecular formula is C16H13F2N3OS. The first kappa shape index (κ1) is 15.5. The Bertz CT molecular complexity index is 879. The lowest BCUT2D eigenvalue weighted by Crippen LogP contribution is -2.18. The Kier molecular flexibility index (Phi) is 4.29. The summed E-state index contributed by atoms with van der Waals surface area (Å²) in [6, 6.07) is 9.51. The summed E-state index contributed by atoms with van der Waals surface area (Å²) in [6.45, 7) is -0.0366. The predicted octanol–water partition coefficient (Wildman–Crippen LogP) is 3.68. The van der Waals surface area contributed by atoms with Crippen molar-refractivity contribution >= 4 is 34.4 Å². The third-order valence-corrected chi connectivity index (χ3v) is 4.06. The Labute approximate surface area is 135 Å². The van der Waals surface area contributed by atoms with Gasteiger partial charge in [0.15, 0.2) is 11.6 Å². The number of halogens is 2. The molecule has 23 heavy (non-hydrogen) atoms. The molecule has 2 aromatic carbocycles. The second-order valence-electron chi connectivity index (χ2n) is 4.91. The molecule has 0 saturated heterocycles. The van der Waals surface area contributed by atoms with Gasteiger partial charge in [-0.1, -0.05) is 6.07 Å². The van der Waals surface area contributed by atoms with Crippen molar-refractivity contribution in [2.45, 2.75) is 11.4 Å². The van der Waals surface area contributed by atoms with Gasteiger partial charge in [-0.3, -0.25) is 4.79 Å². The molecule has 1 amide bonds. The standard InChI is InChI=1S/C16H13F2N3OS/c1-23-11-4-2-3-10(5-11)20-16(22)8-21-9-19-14-6-12(17)13(18)7-15(14)21/h2-7,9H,8H2,1H3,(H,20,22). The molecule has 4 nitrogen and oxygen atoms in total. The lowest BCUT2D eigenvalue weighted by atomic mass is 10.3. The fourth-order valence-corrected chi connectivity index (χ4v) is 2.69. The number of amides is 1. The molecule has 1 aromatic heterocycles. The van der Waals surface area contributed by atoms with E-state index in [0.717, 1.165) is 17.0 Å². The fourth-order valence-electron chi connectivity index (χ4n) is 2.24. The number of imidazole rings is 1. The van der Waals surface area contributed by atoms with Gasteiger partial charge in [0.25, 0.3) is 0 Å². The fraction of sp³-hybridized carbons (Fsp3) is 0.125. The van der Waals surface area contributed by atoms with E-state index in [9.17, 15) is 13.6 Å². The Balaban J connectivity index is 1.79. The molecule has 3 aromatic rings. The van der Waals surface area contributed by atoms with E-state index in [0.29, 0.717) is 16.7 Å². The van der Waals surface area contributed by atoms with E-state index >= 15 is 0 Å². The van der Waals surface area contributed by atoms with Crippen LogP contribution >= 0.6 is 11.8 Å². The maximum atomic E-state index is 13.4. The number of aromatic nitrogens is 2. The van der Waals surface area contributed by atoms with Gasteiger partial charge in [-0.05, 0) is 24.5 Å². The number of carbonyl (C=O) groups is 1. The van der Waals surface area contributed by atoms with Crippen LogP contribution in [-0.2, 0) is 11.3 Å². The minimum Gasteiger partial charge on any atom is -0.324 e. The lowest BCUT2D eigenvalue weighted by molar-refractivity contribution is -0.116. The molecule has 0 atom stereocenters. The molecule has 7 heteroatoms. The van der Waals surface area contributed by atoms with E-state index in [1.54, 1.807) is 17.8 Å². The number of rotatable bonds is 4. The van der Waals surface area contributed by atoms with Crippen LogP contribution in [0, 0.1) is 11.6 Å². The van der Waals surface area contributed by atoms with Gasteiger partial charge in [-0.2, -0.15) is 0 Å². The third kappa shape index (κ3) is 3.34. The van der Waals surface area contributed by atoms with Gasteiger partial charge >= 0.3 is 0 Å². The first-order chi connectivity index (χ1) is 11.1. The Morgan fingerprint density at radius 2 is 2.04 bits per heavy atom. The van der Waals surface area contributed by atoms with Crippen LogP contribution in [0.25, 0.3) is 11.0 Å². The predicted molar refractivity (Wildman–Crippen MR) is 86.5 cm³/mol. The minimum atomic E-state index is -0.965. The minimum absolute atomic E-state index is 0.0366. The number of fused-ring (bicyclic) bond motifs is 1. The van der Waals surface area contributed by atoms with Crippen LogP contribution in [0.3, 0.4) is 0 Å². The van der Waals surface area contributed by atoms with E-state index in [-0.39, 0.29) is 12.5 Å². The van der Waals surface area contributed by atoms with Crippen molar-refractivity contribution in [2.75, 3.05) is 11.6 Å². The Morgan fingerprint density at radius 3 is 2.83 bits per heavy atom. The van der Waals surface area contributed by atoms with Crippen LogP contribution in [0.15, 0.2) is 47.6 Å². The van der Waals surface area contributed by atoms with Crippen molar-refractivity contribution < 1.29 is 13.6 Å². The van der Waals surface area contributed by atoms with Crippen LogP contribution in [0.2, 0.25) is 0 Å². The first-order valence-corrected chi connectivity index (χ1v) is 8.03. The van der Waals surface area contributed by atoms with Crippen molar-refractivity contribution in [2.24, 2.45) is 0 Å². The highest BCUT2D eigenvalue weighted by molar-refractivity contribution is 7.98. The molecule has 0 radical (unpaired) electrons. The molecule has 118 valence electrons. The summed E-state index contributed by atoms with van der Waals surface area (Å²) in [6.07, 6.45) is 3.34. The van der Waals surface area contributed by atoms with Crippen LogP contribution < -0.4 is 5.32 Å². The molecule has 0 bridgehead atoms. The van der Waals surface area contributed by atoms with Crippen molar-refractivity contribution in [1.82, 2.24) is 9.55 Å². The van der Waals surface area contributed by atoms with Crippen LogP contribution in [0.4, 0.5) is 14.5 Å². The average molecular weight is 333 g/mol. The monoisotopic (exact) mass is 333 g/mol. The number of carbonyl (C=O) groups excluding carboxylic acids is 1. The van der Waals surface area contributed by atoms with Crippen molar-refractivity contribution in [1.29, 1.82) is 0 Å². The van der Waals surface area contributed by atoms with E-state index in [1.807, 2.05) is 24.5 Å². The van der Waals surface area contributed by atoms with Gasteiger partial charge in [0.1, 0.15) is 6.54 Å². The number of nitrogens with zero attached hydrogens (tertiary/aromatic N) is 2. The summed E-state index contributed by atoms with van der Waals surface area (Å²) < 4.78 is 28.0. The summed E-state index contributed by atoms with van der Waals surface area (Å²) in [5.41, 5.74) is 1.36. The largest absolute Gasteiger partial charge is 0.324 e. The summed E-state index contributed by atoms with van der Waals surface area (Å²) in [7, 11) is 0. The lowest BCUT2D eigenvalue weighted by Gasteiger charge is -2.08. The number of hydrogen-bond donors (Lipinski definition) is 1. The summed E-state index contributed by atoms with van der Waals surface area (Å²) in [4.78, 5) is 17.2. The van der Waals surface area contributed by atoms with E-state index < -0.39 is 11.6 Å². The van der Waals surface area contributed by atoms with Crippen LogP contribution in [-0.4, -0.2) is 21.7 Å². The molecule has 0 aliphatic heterocycles. The van der Waals surface area contributed by atoms with Gasteiger partial charge in [-0.15, -0.1) is 11.8 Å². The van der Waals surface area contributed by atoms with Crippen LogP contribution in [0.5, 0.6) is 0 Å². The second kappa shape index (κ2) is 6.37. The molecule has 0 spiro atoms. The van der Waals surface area contributed by atoms with Gasteiger partial charge < -0.3 is 9.88 Å². The number of thioether (sulfide) groups is 1. The van der Waals surface area contributed by atoms with E-state index in [1.165, 1.54) is 10.9 Å². The zero-order valence-corrected chi connectivity index (χ0v) is 13.0. The number of anilines is 1. The number of hydrogen-bond acceptors (Lipinski definition) is 3. The second-order valence-corrected chi connectivity index (χ2v) is 5.79. The number of benzene rings is 2. The molecule has 0 fully saturated rings. The molecule has 0 aliphatic rings. The maximum Gasteiger partial charge on any atom is 0.244 e.